The number of rotatable bonds is 9. The molecule has 5 aromatic rings. The van der Waals surface area contributed by atoms with E-state index in [1.54, 1.807) is 14.0 Å². The van der Waals surface area contributed by atoms with Crippen LogP contribution in [0, 0.1) is 0 Å². The molecule has 0 amide bonds. The molecule has 1 aliphatic rings. The molecule has 3 aromatic carbocycles. The number of aromatic amines is 1. The van der Waals surface area contributed by atoms with Crippen LogP contribution in [-0.4, -0.2) is 49.7 Å². The molecule has 0 saturated carbocycles. The summed E-state index contributed by atoms with van der Waals surface area (Å²) in [7, 11) is 1.59. The maximum Gasteiger partial charge on any atom is 0.280 e. The van der Waals surface area contributed by atoms with Gasteiger partial charge in [-0.2, -0.15) is 4.98 Å². The molecular weight excluding hydrogens is 567 g/mol. The Hall–Kier alpha value is -5.23. The lowest BCUT2D eigenvalue weighted by molar-refractivity contribution is -0.0996. The molecule has 44 heavy (non-hydrogen) atoms. The largest absolute Gasteiger partial charge is 0.497 e. The summed E-state index contributed by atoms with van der Waals surface area (Å²) in [5, 5.41) is 17.7. The highest BCUT2D eigenvalue weighted by Crippen LogP contribution is 2.43. The zero-order valence-corrected chi connectivity index (χ0v) is 23.8. The molecule has 2 aromatic heterocycles. The second-order valence-electron chi connectivity index (χ2n) is 10.4. The number of alkyl halides is 1. The molecule has 1 saturated heterocycles. The van der Waals surface area contributed by atoms with Crippen molar-refractivity contribution in [2.75, 3.05) is 12.4 Å². The van der Waals surface area contributed by atoms with Gasteiger partial charge in [-0.15, -0.1) is 0 Å². The van der Waals surface area contributed by atoms with Crippen LogP contribution < -0.4 is 15.6 Å². The summed E-state index contributed by atoms with van der Waals surface area (Å²) < 4.78 is 28.0. The third-order valence-corrected chi connectivity index (χ3v) is 8.03. The highest BCUT2D eigenvalue weighted by molar-refractivity contribution is 5.71. The summed E-state index contributed by atoms with van der Waals surface area (Å²) in [6.07, 6.45) is -3.97. The zero-order valence-electron chi connectivity index (χ0n) is 23.8. The van der Waals surface area contributed by atoms with E-state index in [0.29, 0.717) is 5.75 Å². The van der Waals surface area contributed by atoms with E-state index in [1.807, 2.05) is 84.9 Å². The lowest BCUT2D eigenvalue weighted by Crippen LogP contribution is -2.39. The number of anilines is 1. The fourth-order valence-electron chi connectivity index (χ4n) is 5.76. The molecule has 0 bridgehead atoms. The standard InChI is InChI=1S/C31H29FN8O4/c1-3-30(38-39-33)25(41)23(32)28(44-30)40-18-34-24-26(40)35-29(36-27(24)42)37-31(19-10-6-4-7-11-19,20-12-8-5-9-13-20)21-14-16-22(43-2)17-15-21/h4-18,23,25,28,41H,3H2,1-2H3,(H2,35,36,37,42)/t23-,25+,28-,30-/m1/s1. The van der Waals surface area contributed by atoms with Gasteiger partial charge in [0, 0.05) is 4.91 Å². The molecule has 0 radical (unpaired) electrons. The van der Waals surface area contributed by atoms with Crippen molar-refractivity contribution >= 4 is 17.1 Å². The van der Waals surface area contributed by atoms with E-state index in [0.717, 1.165) is 16.7 Å². The van der Waals surface area contributed by atoms with Gasteiger partial charge in [0.25, 0.3) is 5.56 Å². The van der Waals surface area contributed by atoms with E-state index in [4.69, 9.17) is 20.0 Å². The molecule has 6 rings (SSSR count). The third kappa shape index (κ3) is 4.63. The smallest absolute Gasteiger partial charge is 0.280 e. The topological polar surface area (TPSA) is 163 Å². The van der Waals surface area contributed by atoms with Crippen molar-refractivity contribution in [1.82, 2.24) is 19.5 Å². The lowest BCUT2D eigenvalue weighted by atomic mass is 9.77. The average molecular weight is 597 g/mol. The van der Waals surface area contributed by atoms with Crippen molar-refractivity contribution in [1.29, 1.82) is 0 Å². The number of aliphatic hydroxyl groups excluding tert-OH is 1. The minimum Gasteiger partial charge on any atom is -0.497 e. The fraction of sp³-hybridized carbons (Fsp3) is 0.258. The van der Waals surface area contributed by atoms with E-state index < -0.39 is 35.3 Å². The summed E-state index contributed by atoms with van der Waals surface area (Å²) in [5.74, 6) is 0.738. The number of nitrogens with one attached hydrogen (secondary N) is 2. The first-order valence-corrected chi connectivity index (χ1v) is 13.9. The number of hydrogen-bond donors (Lipinski definition) is 3. The summed E-state index contributed by atoms with van der Waals surface area (Å²) in [6, 6.07) is 26.9. The van der Waals surface area contributed by atoms with Crippen LogP contribution >= 0.6 is 0 Å². The van der Waals surface area contributed by atoms with Gasteiger partial charge < -0.3 is 19.9 Å². The number of fused-ring (bicyclic) bond motifs is 1. The summed E-state index contributed by atoms with van der Waals surface area (Å²) in [4.78, 5) is 27.7. The molecule has 0 spiro atoms. The van der Waals surface area contributed by atoms with Gasteiger partial charge in [-0.3, -0.25) is 14.3 Å². The Labute approximate surface area is 250 Å². The molecular formula is C31H29FN8O4. The van der Waals surface area contributed by atoms with Gasteiger partial charge in [0.2, 0.25) is 5.95 Å². The Kier molecular flexibility index (Phi) is 7.52. The van der Waals surface area contributed by atoms with Crippen LogP contribution in [0.5, 0.6) is 5.75 Å². The number of hydrogen-bond acceptors (Lipinski definition) is 8. The summed E-state index contributed by atoms with van der Waals surface area (Å²) in [6.45, 7) is 1.61. The molecule has 4 atom stereocenters. The van der Waals surface area contributed by atoms with Crippen LogP contribution in [0.4, 0.5) is 10.3 Å². The molecule has 13 heteroatoms. The SMILES string of the molecule is CC[C@@]1(N=[N+]=[N-])O[C@@H](n2cnc3c(=O)[nH]c(NC(c4ccccc4)(c4ccccc4)c4ccc(OC)cc4)nc32)[C@H](F)[C@@H]1O. The van der Waals surface area contributed by atoms with Gasteiger partial charge in [0.1, 0.15) is 17.4 Å². The number of H-pyrrole nitrogens is 1. The Morgan fingerprint density at radius 3 is 2.30 bits per heavy atom. The Balaban J connectivity index is 1.53. The highest BCUT2D eigenvalue weighted by atomic mass is 19.1. The van der Waals surface area contributed by atoms with Gasteiger partial charge in [-0.1, -0.05) is 84.8 Å². The van der Waals surface area contributed by atoms with Crippen LogP contribution in [0.3, 0.4) is 0 Å². The van der Waals surface area contributed by atoms with Crippen LogP contribution in [0.2, 0.25) is 0 Å². The maximum atomic E-state index is 15.5. The van der Waals surface area contributed by atoms with Gasteiger partial charge >= 0.3 is 0 Å². The van der Waals surface area contributed by atoms with E-state index in [-0.39, 0.29) is 23.5 Å². The maximum absolute atomic E-state index is 15.5. The number of halogens is 1. The van der Waals surface area contributed by atoms with Crippen molar-refractivity contribution in [2.24, 2.45) is 5.11 Å². The van der Waals surface area contributed by atoms with Crippen LogP contribution in [0.1, 0.15) is 36.3 Å². The minimum absolute atomic E-state index is 0.00805. The first-order chi connectivity index (χ1) is 21.4. The van der Waals surface area contributed by atoms with E-state index in [2.05, 4.69) is 25.3 Å². The molecule has 3 N–H and O–H groups in total. The average Bonchev–Trinajstić information content (AvgIpc) is 3.60. The number of benzene rings is 3. The highest BCUT2D eigenvalue weighted by Gasteiger charge is 2.55. The Morgan fingerprint density at radius 1 is 1.11 bits per heavy atom. The zero-order chi connectivity index (χ0) is 30.9. The number of methoxy groups -OCH3 is 1. The molecule has 3 heterocycles. The summed E-state index contributed by atoms with van der Waals surface area (Å²) >= 11 is 0. The predicted molar refractivity (Wildman–Crippen MR) is 161 cm³/mol. The number of aliphatic hydroxyl groups is 1. The lowest BCUT2D eigenvalue weighted by Gasteiger charge is -2.37. The van der Waals surface area contributed by atoms with Gasteiger partial charge in [0.15, 0.2) is 29.3 Å². The van der Waals surface area contributed by atoms with Gasteiger partial charge in [0.05, 0.1) is 13.4 Å². The van der Waals surface area contributed by atoms with Crippen LogP contribution in [-0.2, 0) is 10.3 Å². The number of azide groups is 1. The number of aromatic nitrogens is 4. The number of ether oxygens (including phenoxy) is 2. The third-order valence-electron chi connectivity index (χ3n) is 8.03. The monoisotopic (exact) mass is 596 g/mol. The van der Waals surface area contributed by atoms with E-state index in [1.165, 1.54) is 10.9 Å². The second kappa shape index (κ2) is 11.5. The van der Waals surface area contributed by atoms with Crippen LogP contribution in [0.25, 0.3) is 21.6 Å². The number of imidazole rings is 1. The summed E-state index contributed by atoms with van der Waals surface area (Å²) in [5.41, 5.74) is 8.05. The van der Waals surface area contributed by atoms with Crippen molar-refractivity contribution in [3.63, 3.8) is 0 Å². The molecule has 12 nitrogen and oxygen atoms in total. The minimum atomic E-state index is -2.00. The van der Waals surface area contributed by atoms with Gasteiger partial charge in [-0.05, 0) is 40.8 Å². The van der Waals surface area contributed by atoms with Crippen LogP contribution in [0.15, 0.2) is 101 Å². The number of nitrogens with zero attached hydrogens (tertiary/aromatic N) is 6. The molecule has 1 aliphatic heterocycles. The molecule has 1 fully saturated rings. The molecule has 224 valence electrons. The Morgan fingerprint density at radius 2 is 1.73 bits per heavy atom. The first-order valence-electron chi connectivity index (χ1n) is 13.9. The first kappa shape index (κ1) is 28.9. The van der Waals surface area contributed by atoms with Crippen molar-refractivity contribution in [3.8, 4) is 5.75 Å². The molecule has 0 aliphatic carbocycles. The molecule has 0 unspecified atom stereocenters. The van der Waals surface area contributed by atoms with E-state index >= 15 is 4.39 Å². The van der Waals surface area contributed by atoms with E-state index in [9.17, 15) is 9.90 Å². The fourth-order valence-corrected chi connectivity index (χ4v) is 5.76. The van der Waals surface area contributed by atoms with Crippen molar-refractivity contribution in [3.05, 3.63) is 129 Å². The second-order valence-corrected chi connectivity index (χ2v) is 10.4. The predicted octanol–water partition coefficient (Wildman–Crippen LogP) is 5.18. The quantitative estimate of drug-likeness (QED) is 0.0914. The Bertz CT molecular complexity index is 1840. The normalized spacial score (nSPS) is 21.6. The van der Waals surface area contributed by atoms with Crippen molar-refractivity contribution < 1.29 is 19.0 Å². The van der Waals surface area contributed by atoms with Crippen molar-refractivity contribution in [2.45, 2.75) is 43.1 Å². The van der Waals surface area contributed by atoms with Gasteiger partial charge in [-0.25, -0.2) is 9.37 Å².